The fourth-order valence-corrected chi connectivity index (χ4v) is 4.88. The average Bonchev–Trinajstić information content (AvgIpc) is 3.48. The van der Waals surface area contributed by atoms with E-state index >= 15 is 0 Å². The van der Waals surface area contributed by atoms with Crippen molar-refractivity contribution < 1.29 is 14.0 Å². The van der Waals surface area contributed by atoms with Gasteiger partial charge in [-0.1, -0.05) is 36.4 Å². The van der Waals surface area contributed by atoms with Crippen LogP contribution in [0.3, 0.4) is 0 Å². The van der Waals surface area contributed by atoms with Crippen molar-refractivity contribution >= 4 is 33.4 Å². The molecule has 0 radical (unpaired) electrons. The Morgan fingerprint density at radius 3 is 2.72 bits per heavy atom. The zero-order chi connectivity index (χ0) is 21.9. The number of fused-ring (bicyclic) bond motifs is 2. The molecule has 0 bridgehead atoms. The maximum absolute atomic E-state index is 12.5. The molecule has 5 rings (SSSR count). The smallest absolute Gasteiger partial charge is 0.287 e. The Balaban J connectivity index is 1.11. The van der Waals surface area contributed by atoms with Crippen molar-refractivity contribution in [1.29, 1.82) is 0 Å². The molecule has 0 saturated carbocycles. The average molecular weight is 446 g/mol. The number of hydrogen-bond donors (Lipinski definition) is 1. The number of hydrogen-bond acceptors (Lipinski definition) is 5. The molecular weight excluding hydrogens is 422 g/mol. The van der Waals surface area contributed by atoms with E-state index in [0.717, 1.165) is 28.2 Å². The maximum Gasteiger partial charge on any atom is 0.287 e. The predicted octanol–water partition coefficient (Wildman–Crippen LogP) is 4.65. The highest BCUT2D eigenvalue weighted by atomic mass is 32.1. The summed E-state index contributed by atoms with van der Waals surface area (Å²) >= 11 is 1.53. The lowest BCUT2D eigenvalue weighted by molar-refractivity contribution is -0.132. The molecule has 2 amide bonds. The first-order valence-electron chi connectivity index (χ1n) is 10.8. The normalized spacial score (nSPS) is 13.2. The van der Waals surface area contributed by atoms with Crippen molar-refractivity contribution in [3.8, 4) is 10.8 Å². The summed E-state index contributed by atoms with van der Waals surface area (Å²) < 4.78 is 6.80. The largest absolute Gasteiger partial charge is 0.448 e. The van der Waals surface area contributed by atoms with Gasteiger partial charge in [0, 0.05) is 26.1 Å². The van der Waals surface area contributed by atoms with E-state index in [0.29, 0.717) is 31.7 Å². The number of furan rings is 1. The fraction of sp³-hybridized carbons (Fsp3) is 0.240. The zero-order valence-corrected chi connectivity index (χ0v) is 18.4. The highest BCUT2D eigenvalue weighted by molar-refractivity contribution is 7.21. The fourth-order valence-electron chi connectivity index (χ4n) is 3.95. The number of benzene rings is 2. The molecule has 0 spiro atoms. The highest BCUT2D eigenvalue weighted by Gasteiger charge is 2.20. The molecule has 1 N–H and O–H groups in total. The van der Waals surface area contributed by atoms with Crippen LogP contribution < -0.4 is 5.32 Å². The third-order valence-corrected chi connectivity index (χ3v) is 6.72. The number of thiazole rings is 1. The Morgan fingerprint density at radius 2 is 1.84 bits per heavy atom. The van der Waals surface area contributed by atoms with Gasteiger partial charge in [-0.2, -0.15) is 0 Å². The van der Waals surface area contributed by atoms with Gasteiger partial charge < -0.3 is 14.6 Å². The van der Waals surface area contributed by atoms with Crippen LogP contribution >= 0.6 is 11.3 Å². The van der Waals surface area contributed by atoms with E-state index in [1.165, 1.54) is 22.5 Å². The lowest BCUT2D eigenvalue weighted by atomic mass is 9.99. The minimum absolute atomic E-state index is 0.130. The van der Waals surface area contributed by atoms with E-state index in [2.05, 4.69) is 22.4 Å². The van der Waals surface area contributed by atoms with Gasteiger partial charge >= 0.3 is 0 Å². The minimum atomic E-state index is -0.281. The van der Waals surface area contributed by atoms with E-state index in [4.69, 9.17) is 4.42 Å². The molecule has 1 aliphatic rings. The van der Waals surface area contributed by atoms with Crippen LogP contribution in [0.1, 0.15) is 34.5 Å². The van der Waals surface area contributed by atoms with Gasteiger partial charge in [0.15, 0.2) is 16.5 Å². The number of carbonyl (C=O) groups is 2. The first-order chi connectivity index (χ1) is 15.7. The van der Waals surface area contributed by atoms with Crippen molar-refractivity contribution in [3.63, 3.8) is 0 Å². The van der Waals surface area contributed by atoms with E-state index < -0.39 is 0 Å². The Labute approximate surface area is 189 Å². The van der Waals surface area contributed by atoms with Crippen LogP contribution in [0, 0.1) is 0 Å². The number of carbonyl (C=O) groups excluding carboxylic acids is 2. The summed E-state index contributed by atoms with van der Waals surface area (Å²) in [4.78, 5) is 31.4. The van der Waals surface area contributed by atoms with Crippen LogP contribution in [0.5, 0.6) is 0 Å². The molecule has 32 heavy (non-hydrogen) atoms. The summed E-state index contributed by atoms with van der Waals surface area (Å²) in [6, 6.07) is 19.6. The molecule has 0 unspecified atom stereocenters. The maximum atomic E-state index is 12.5. The van der Waals surface area contributed by atoms with Crippen LogP contribution in [0.25, 0.3) is 21.0 Å². The Bertz CT molecular complexity index is 1240. The van der Waals surface area contributed by atoms with Gasteiger partial charge in [-0.3, -0.25) is 9.59 Å². The van der Waals surface area contributed by atoms with Gasteiger partial charge in [0.25, 0.3) is 5.91 Å². The molecule has 3 heterocycles. The number of rotatable bonds is 6. The molecule has 7 heteroatoms. The monoisotopic (exact) mass is 445 g/mol. The first-order valence-corrected chi connectivity index (χ1v) is 11.6. The molecule has 6 nitrogen and oxygen atoms in total. The second kappa shape index (κ2) is 8.96. The summed E-state index contributed by atoms with van der Waals surface area (Å²) in [5, 5.41) is 3.59. The third kappa shape index (κ3) is 4.29. The van der Waals surface area contributed by atoms with Crippen LogP contribution in [0.4, 0.5) is 0 Å². The van der Waals surface area contributed by atoms with Crippen molar-refractivity contribution in [2.24, 2.45) is 0 Å². The zero-order valence-electron chi connectivity index (χ0n) is 17.5. The Kier molecular flexibility index (Phi) is 5.73. The Morgan fingerprint density at radius 1 is 1.03 bits per heavy atom. The number of nitrogens with zero attached hydrogens (tertiary/aromatic N) is 2. The third-order valence-electron chi connectivity index (χ3n) is 5.67. The SMILES string of the molecule is O=C(NCCCC(=O)N1CCc2ccccc2C1)c1ccc(-c2nc3ccccc3s2)o1. The van der Waals surface area contributed by atoms with Crippen molar-refractivity contribution in [1.82, 2.24) is 15.2 Å². The highest BCUT2D eigenvalue weighted by Crippen LogP contribution is 2.31. The molecule has 0 fully saturated rings. The topological polar surface area (TPSA) is 75.4 Å². The summed E-state index contributed by atoms with van der Waals surface area (Å²) in [6.07, 6.45) is 1.90. The van der Waals surface area contributed by atoms with Gasteiger partial charge in [0.05, 0.1) is 10.2 Å². The minimum Gasteiger partial charge on any atom is -0.448 e. The summed E-state index contributed by atoms with van der Waals surface area (Å²) in [5.41, 5.74) is 3.46. The van der Waals surface area contributed by atoms with Gasteiger partial charge in [0.1, 0.15) is 0 Å². The second-order valence-electron chi connectivity index (χ2n) is 7.84. The van der Waals surface area contributed by atoms with Gasteiger partial charge in [0.2, 0.25) is 5.91 Å². The molecule has 1 aliphatic heterocycles. The van der Waals surface area contributed by atoms with Crippen molar-refractivity contribution in [3.05, 3.63) is 77.6 Å². The first kappa shape index (κ1) is 20.5. The molecule has 2 aromatic carbocycles. The van der Waals surface area contributed by atoms with Crippen LogP contribution in [0.15, 0.2) is 65.1 Å². The van der Waals surface area contributed by atoms with Crippen molar-refractivity contribution in [2.45, 2.75) is 25.8 Å². The van der Waals surface area contributed by atoms with E-state index in [1.54, 1.807) is 12.1 Å². The molecule has 0 saturated heterocycles. The molecule has 2 aromatic heterocycles. The van der Waals surface area contributed by atoms with Gasteiger partial charge in [-0.25, -0.2) is 4.98 Å². The number of nitrogens with one attached hydrogen (secondary N) is 1. The summed E-state index contributed by atoms with van der Waals surface area (Å²) in [6.45, 7) is 1.84. The Hall–Kier alpha value is -3.45. The standard InChI is InChI=1S/C25H23N3O3S/c29-23(28-15-13-17-6-1-2-7-18(17)16-28)10-5-14-26-24(30)20-11-12-21(31-20)25-27-19-8-3-4-9-22(19)32-25/h1-4,6-9,11-12H,5,10,13-16H2,(H,26,30). The van der Waals surface area contributed by atoms with E-state index in [-0.39, 0.29) is 17.6 Å². The van der Waals surface area contributed by atoms with E-state index in [1.807, 2.05) is 41.3 Å². The molecular formula is C25H23N3O3S. The van der Waals surface area contributed by atoms with Crippen LogP contribution in [0.2, 0.25) is 0 Å². The number of aromatic nitrogens is 1. The van der Waals surface area contributed by atoms with Crippen LogP contribution in [-0.2, 0) is 17.8 Å². The predicted molar refractivity (Wildman–Crippen MR) is 124 cm³/mol. The summed E-state index contributed by atoms with van der Waals surface area (Å²) in [7, 11) is 0. The quantitative estimate of drug-likeness (QED) is 0.438. The molecule has 0 aliphatic carbocycles. The number of amides is 2. The molecule has 162 valence electrons. The van der Waals surface area contributed by atoms with E-state index in [9.17, 15) is 9.59 Å². The lowest BCUT2D eigenvalue weighted by Crippen LogP contribution is -2.36. The molecule has 4 aromatic rings. The van der Waals surface area contributed by atoms with Crippen molar-refractivity contribution in [2.75, 3.05) is 13.1 Å². The second-order valence-corrected chi connectivity index (χ2v) is 8.87. The van der Waals surface area contributed by atoms with Gasteiger partial charge in [-0.05, 0) is 48.2 Å². The van der Waals surface area contributed by atoms with Gasteiger partial charge in [-0.15, -0.1) is 11.3 Å². The number of para-hydroxylation sites is 1. The summed E-state index contributed by atoms with van der Waals surface area (Å²) in [5.74, 6) is 0.678. The lowest BCUT2D eigenvalue weighted by Gasteiger charge is -2.29. The van der Waals surface area contributed by atoms with Crippen LogP contribution in [-0.4, -0.2) is 34.8 Å². The molecule has 0 atom stereocenters.